The second kappa shape index (κ2) is 5.73. The molecule has 1 rings (SSSR count). The summed E-state index contributed by atoms with van der Waals surface area (Å²) in [7, 11) is 1.99. The normalized spacial score (nSPS) is 13.2. The molecule has 2 nitrogen and oxygen atoms in total. The van der Waals surface area contributed by atoms with Crippen LogP contribution in [0.1, 0.15) is 30.7 Å². The zero-order chi connectivity index (χ0) is 9.68. The second-order valence-electron chi connectivity index (χ2n) is 3.00. The van der Waals surface area contributed by atoms with Crippen LogP contribution in [0.25, 0.3) is 0 Å². The summed E-state index contributed by atoms with van der Waals surface area (Å²) >= 11 is 5.19. The number of rotatable bonds is 5. The van der Waals surface area contributed by atoms with E-state index in [1.807, 2.05) is 13.2 Å². The van der Waals surface area contributed by atoms with Crippen LogP contribution in [-0.4, -0.2) is 18.6 Å². The molecule has 0 aliphatic heterocycles. The fraction of sp³-hybridized carbons (Fsp3) is 0.667. The van der Waals surface area contributed by atoms with Crippen LogP contribution in [-0.2, 0) is 0 Å². The molecule has 0 fully saturated rings. The van der Waals surface area contributed by atoms with Gasteiger partial charge in [0.15, 0.2) is 0 Å². The minimum Gasteiger partial charge on any atom is -0.320 e. The van der Waals surface area contributed by atoms with Gasteiger partial charge in [-0.3, -0.25) is 0 Å². The van der Waals surface area contributed by atoms with Crippen LogP contribution >= 0.6 is 27.3 Å². The summed E-state index contributed by atoms with van der Waals surface area (Å²) in [5.74, 6) is 0.615. The molecule has 1 N–H and O–H groups in total. The number of nitrogens with zero attached hydrogens (tertiary/aromatic N) is 1. The van der Waals surface area contributed by atoms with Crippen LogP contribution in [0.3, 0.4) is 0 Å². The zero-order valence-corrected chi connectivity index (χ0v) is 10.4. The lowest BCUT2D eigenvalue weighted by molar-refractivity contribution is 0.578. The first-order valence-electron chi connectivity index (χ1n) is 4.53. The van der Waals surface area contributed by atoms with Gasteiger partial charge in [0.25, 0.3) is 0 Å². The minimum atomic E-state index is 0.615. The molecule has 1 heterocycles. The maximum atomic E-state index is 4.38. The van der Waals surface area contributed by atoms with Crippen molar-refractivity contribution in [2.24, 2.45) is 0 Å². The molecule has 0 radical (unpaired) electrons. The van der Waals surface area contributed by atoms with E-state index in [-0.39, 0.29) is 0 Å². The number of nitrogens with one attached hydrogen (secondary N) is 1. The van der Waals surface area contributed by atoms with Crippen LogP contribution in [0.4, 0.5) is 0 Å². The molecule has 1 atom stereocenters. The van der Waals surface area contributed by atoms with Gasteiger partial charge in [0.05, 0.1) is 15.0 Å². The Bertz CT molecular complexity index is 250. The molecule has 1 aromatic heterocycles. The monoisotopic (exact) mass is 262 g/mol. The first kappa shape index (κ1) is 11.1. The van der Waals surface area contributed by atoms with Gasteiger partial charge < -0.3 is 5.32 Å². The minimum absolute atomic E-state index is 0.615. The van der Waals surface area contributed by atoms with Crippen molar-refractivity contribution in [3.8, 4) is 0 Å². The van der Waals surface area contributed by atoms with E-state index in [1.165, 1.54) is 17.8 Å². The number of thiazole rings is 1. The van der Waals surface area contributed by atoms with Gasteiger partial charge in [0.2, 0.25) is 0 Å². The molecule has 13 heavy (non-hydrogen) atoms. The molecule has 0 spiro atoms. The fourth-order valence-electron chi connectivity index (χ4n) is 1.28. The molecule has 0 aromatic carbocycles. The topological polar surface area (TPSA) is 24.9 Å². The Morgan fingerprint density at radius 3 is 2.92 bits per heavy atom. The third kappa shape index (κ3) is 3.37. The third-order valence-electron chi connectivity index (χ3n) is 2.08. The van der Waals surface area contributed by atoms with Gasteiger partial charge in [-0.05, 0) is 42.4 Å². The Hall–Kier alpha value is 0.0700. The summed E-state index contributed by atoms with van der Waals surface area (Å²) in [5.41, 5.74) is 0. The molecule has 1 unspecified atom stereocenters. The van der Waals surface area contributed by atoms with Gasteiger partial charge in [-0.15, -0.1) is 11.3 Å². The highest BCUT2D eigenvalue weighted by atomic mass is 79.9. The van der Waals surface area contributed by atoms with E-state index in [1.54, 1.807) is 11.3 Å². The zero-order valence-electron chi connectivity index (χ0n) is 8.01. The summed E-state index contributed by atoms with van der Waals surface area (Å²) in [4.78, 5) is 4.38. The van der Waals surface area contributed by atoms with Crippen molar-refractivity contribution in [2.75, 3.05) is 13.6 Å². The molecule has 0 saturated heterocycles. The summed E-state index contributed by atoms with van der Waals surface area (Å²) in [5, 5.41) is 4.43. The van der Waals surface area contributed by atoms with Crippen LogP contribution < -0.4 is 5.32 Å². The summed E-state index contributed by atoms with van der Waals surface area (Å²) in [6, 6.07) is 0. The van der Waals surface area contributed by atoms with Crippen molar-refractivity contribution < 1.29 is 0 Å². The van der Waals surface area contributed by atoms with Gasteiger partial charge in [0, 0.05) is 5.92 Å². The summed E-state index contributed by atoms with van der Waals surface area (Å²) < 4.78 is 1.13. The van der Waals surface area contributed by atoms with Gasteiger partial charge in [-0.2, -0.15) is 0 Å². The Morgan fingerprint density at radius 1 is 1.69 bits per heavy atom. The molecule has 0 saturated carbocycles. The molecule has 0 aliphatic carbocycles. The molecule has 1 aromatic rings. The number of aromatic nitrogens is 1. The predicted molar refractivity (Wildman–Crippen MR) is 61.4 cm³/mol. The molecular weight excluding hydrogens is 248 g/mol. The highest BCUT2D eigenvalue weighted by Crippen LogP contribution is 2.29. The average molecular weight is 263 g/mol. The van der Waals surface area contributed by atoms with Crippen molar-refractivity contribution in [2.45, 2.75) is 25.7 Å². The van der Waals surface area contributed by atoms with E-state index in [0.717, 1.165) is 10.3 Å². The van der Waals surface area contributed by atoms with Crippen LogP contribution in [0, 0.1) is 0 Å². The molecular formula is C9H15BrN2S. The number of halogens is 1. The van der Waals surface area contributed by atoms with Crippen LogP contribution in [0.5, 0.6) is 0 Å². The largest absolute Gasteiger partial charge is 0.320 e. The first-order chi connectivity index (χ1) is 6.27. The summed E-state index contributed by atoms with van der Waals surface area (Å²) in [6.45, 7) is 3.28. The lowest BCUT2D eigenvalue weighted by Crippen LogP contribution is -2.11. The molecule has 0 bridgehead atoms. The maximum absolute atomic E-state index is 4.38. The second-order valence-corrected chi connectivity index (χ2v) is 5.44. The average Bonchev–Trinajstić information content (AvgIpc) is 2.54. The smallest absolute Gasteiger partial charge is 0.0967 e. The highest BCUT2D eigenvalue weighted by Gasteiger charge is 2.12. The van der Waals surface area contributed by atoms with E-state index < -0.39 is 0 Å². The van der Waals surface area contributed by atoms with Crippen molar-refractivity contribution in [1.82, 2.24) is 10.3 Å². The van der Waals surface area contributed by atoms with Gasteiger partial charge in [-0.1, -0.05) is 6.92 Å². The maximum Gasteiger partial charge on any atom is 0.0967 e. The van der Waals surface area contributed by atoms with E-state index >= 15 is 0 Å². The molecule has 74 valence electrons. The lowest BCUT2D eigenvalue weighted by atomic mass is 10.0. The van der Waals surface area contributed by atoms with Gasteiger partial charge in [-0.25, -0.2) is 4.98 Å². The van der Waals surface area contributed by atoms with Crippen molar-refractivity contribution in [3.05, 3.63) is 15.0 Å². The number of hydrogen-bond acceptors (Lipinski definition) is 3. The standard InChI is InChI=1S/C9H15BrN2S/c1-3-7(4-5-11-2)9-12-6-8(10)13-9/h6-7,11H,3-5H2,1-2H3. The van der Waals surface area contributed by atoms with E-state index in [0.29, 0.717) is 5.92 Å². The van der Waals surface area contributed by atoms with Crippen molar-refractivity contribution >= 4 is 27.3 Å². The molecule has 0 amide bonds. The fourth-order valence-corrected chi connectivity index (χ4v) is 2.74. The Morgan fingerprint density at radius 2 is 2.46 bits per heavy atom. The van der Waals surface area contributed by atoms with Gasteiger partial charge >= 0.3 is 0 Å². The van der Waals surface area contributed by atoms with Crippen molar-refractivity contribution in [1.29, 1.82) is 0 Å². The molecule has 0 aliphatic rings. The number of hydrogen-bond donors (Lipinski definition) is 1. The first-order valence-corrected chi connectivity index (χ1v) is 6.14. The Balaban J connectivity index is 2.56. The van der Waals surface area contributed by atoms with E-state index in [4.69, 9.17) is 0 Å². The van der Waals surface area contributed by atoms with Gasteiger partial charge in [0.1, 0.15) is 0 Å². The van der Waals surface area contributed by atoms with Crippen LogP contribution in [0.2, 0.25) is 0 Å². The Kier molecular flexibility index (Phi) is 4.91. The predicted octanol–water partition coefficient (Wildman–Crippen LogP) is 3.01. The summed E-state index contributed by atoms with van der Waals surface area (Å²) in [6.07, 6.45) is 4.23. The molecule has 4 heteroatoms. The van der Waals surface area contributed by atoms with Crippen LogP contribution in [0.15, 0.2) is 9.98 Å². The van der Waals surface area contributed by atoms with Crippen molar-refractivity contribution in [3.63, 3.8) is 0 Å². The lowest BCUT2D eigenvalue weighted by Gasteiger charge is -2.10. The van der Waals surface area contributed by atoms with E-state index in [9.17, 15) is 0 Å². The van der Waals surface area contributed by atoms with E-state index in [2.05, 4.69) is 33.2 Å². The Labute approximate surface area is 91.9 Å². The third-order valence-corrected chi connectivity index (χ3v) is 3.72. The highest BCUT2D eigenvalue weighted by molar-refractivity contribution is 9.11. The quantitative estimate of drug-likeness (QED) is 0.883. The SMILES string of the molecule is CCC(CCNC)c1ncc(Br)s1.